The zero-order valence-electron chi connectivity index (χ0n) is 17.2. The fraction of sp³-hybridized carbons (Fsp3) is 0.261. The predicted molar refractivity (Wildman–Crippen MR) is 117 cm³/mol. The number of hydrogen-bond donors (Lipinski definition) is 1. The van der Waals surface area contributed by atoms with Gasteiger partial charge in [-0.1, -0.05) is 30.3 Å². The number of hydrogen-bond acceptors (Lipinski definition) is 5. The van der Waals surface area contributed by atoms with Crippen LogP contribution in [0.5, 0.6) is 0 Å². The topological polar surface area (TPSA) is 89.6 Å². The van der Waals surface area contributed by atoms with E-state index < -0.39 is 4.92 Å². The van der Waals surface area contributed by atoms with Gasteiger partial charge in [-0.15, -0.1) is 0 Å². The van der Waals surface area contributed by atoms with Gasteiger partial charge in [0.05, 0.1) is 17.6 Å². The van der Waals surface area contributed by atoms with Crippen LogP contribution in [0.1, 0.15) is 27.7 Å². The van der Waals surface area contributed by atoms with Crippen LogP contribution in [0, 0.1) is 10.1 Å². The highest BCUT2D eigenvalue weighted by atomic mass is 16.6. The number of nitro benzene ring substituents is 1. The average molecular weight is 420 g/mol. The van der Waals surface area contributed by atoms with Crippen molar-refractivity contribution in [3.8, 4) is 0 Å². The molecule has 4 rings (SSSR count). The number of ether oxygens (including phenoxy) is 1. The molecule has 8 nitrogen and oxygen atoms in total. The highest BCUT2D eigenvalue weighted by Gasteiger charge is 2.33. The molecule has 0 fully saturated rings. The first kappa shape index (κ1) is 20.6. The van der Waals surface area contributed by atoms with E-state index in [-0.39, 0.29) is 17.6 Å². The van der Waals surface area contributed by atoms with Crippen molar-refractivity contribution in [1.82, 2.24) is 9.47 Å². The van der Waals surface area contributed by atoms with E-state index in [0.717, 1.165) is 11.3 Å². The van der Waals surface area contributed by atoms with Gasteiger partial charge in [-0.25, -0.2) is 0 Å². The SMILES string of the molecule is COCCNc1ccc(C(=O)N2CCn3cccc3C2c2ccccc2)cc1[N+](=O)[O-]. The number of amides is 1. The Balaban J connectivity index is 1.68. The Kier molecular flexibility index (Phi) is 5.99. The number of carbonyl (C=O) groups is 1. The van der Waals surface area contributed by atoms with Crippen LogP contribution in [-0.2, 0) is 11.3 Å². The Morgan fingerprint density at radius 3 is 2.71 bits per heavy atom. The lowest BCUT2D eigenvalue weighted by Crippen LogP contribution is -2.42. The number of nitro groups is 1. The summed E-state index contributed by atoms with van der Waals surface area (Å²) in [5.41, 5.74) is 2.57. The Morgan fingerprint density at radius 1 is 1.16 bits per heavy atom. The number of rotatable bonds is 7. The highest BCUT2D eigenvalue weighted by molar-refractivity contribution is 5.96. The Hall–Kier alpha value is -3.65. The molecule has 1 aliphatic rings. The fourth-order valence-corrected chi connectivity index (χ4v) is 4.01. The molecular formula is C23H24N4O4. The molecule has 2 aromatic carbocycles. The minimum absolute atomic E-state index is 0.126. The Morgan fingerprint density at radius 2 is 1.97 bits per heavy atom. The molecule has 2 heterocycles. The molecule has 1 aliphatic heterocycles. The smallest absolute Gasteiger partial charge is 0.293 e. The van der Waals surface area contributed by atoms with Crippen LogP contribution in [0.2, 0.25) is 0 Å². The lowest BCUT2D eigenvalue weighted by atomic mass is 9.98. The van der Waals surface area contributed by atoms with Crippen molar-refractivity contribution in [3.63, 3.8) is 0 Å². The third kappa shape index (κ3) is 4.15. The van der Waals surface area contributed by atoms with Gasteiger partial charge < -0.3 is 19.5 Å². The van der Waals surface area contributed by atoms with Crippen LogP contribution in [0.15, 0.2) is 66.9 Å². The molecular weight excluding hydrogens is 396 g/mol. The van der Waals surface area contributed by atoms with Crippen molar-refractivity contribution >= 4 is 17.3 Å². The lowest BCUT2D eigenvalue weighted by Gasteiger charge is -2.37. The Bertz CT molecular complexity index is 1080. The van der Waals surface area contributed by atoms with Gasteiger partial charge in [0.15, 0.2) is 0 Å². The van der Waals surface area contributed by atoms with E-state index >= 15 is 0 Å². The van der Waals surface area contributed by atoms with Gasteiger partial charge in [-0.05, 0) is 29.8 Å². The summed E-state index contributed by atoms with van der Waals surface area (Å²) in [6.45, 7) is 2.05. The third-order valence-corrected chi connectivity index (χ3v) is 5.48. The number of nitrogens with one attached hydrogen (secondary N) is 1. The zero-order valence-corrected chi connectivity index (χ0v) is 17.2. The summed E-state index contributed by atoms with van der Waals surface area (Å²) in [4.78, 5) is 26.5. The first-order valence-corrected chi connectivity index (χ1v) is 10.1. The summed E-state index contributed by atoms with van der Waals surface area (Å²) in [5, 5.41) is 14.6. The van der Waals surface area contributed by atoms with Crippen LogP contribution in [-0.4, -0.2) is 47.1 Å². The summed E-state index contributed by atoms with van der Waals surface area (Å²) < 4.78 is 7.13. The van der Waals surface area contributed by atoms with Gasteiger partial charge in [0, 0.05) is 50.3 Å². The average Bonchev–Trinajstić information content (AvgIpc) is 3.27. The summed E-state index contributed by atoms with van der Waals surface area (Å²) in [6, 6.07) is 18.2. The molecule has 0 aliphatic carbocycles. The maximum absolute atomic E-state index is 13.5. The van der Waals surface area contributed by atoms with Gasteiger partial charge in [-0.2, -0.15) is 0 Å². The van der Waals surface area contributed by atoms with E-state index in [1.54, 1.807) is 24.1 Å². The molecule has 1 N–H and O–H groups in total. The molecule has 0 saturated carbocycles. The monoisotopic (exact) mass is 420 g/mol. The second-order valence-electron chi connectivity index (χ2n) is 7.35. The van der Waals surface area contributed by atoms with Crippen LogP contribution in [0.4, 0.5) is 11.4 Å². The van der Waals surface area contributed by atoms with Crippen LogP contribution in [0.25, 0.3) is 0 Å². The minimum atomic E-state index is -0.470. The number of anilines is 1. The van der Waals surface area contributed by atoms with Crippen molar-refractivity contribution in [1.29, 1.82) is 0 Å². The van der Waals surface area contributed by atoms with E-state index in [0.29, 0.717) is 37.5 Å². The molecule has 0 spiro atoms. The first-order chi connectivity index (χ1) is 15.1. The van der Waals surface area contributed by atoms with Crippen molar-refractivity contribution < 1.29 is 14.5 Å². The van der Waals surface area contributed by atoms with Gasteiger partial charge in [-0.3, -0.25) is 14.9 Å². The highest BCUT2D eigenvalue weighted by Crippen LogP contribution is 2.34. The lowest BCUT2D eigenvalue weighted by molar-refractivity contribution is -0.384. The molecule has 31 heavy (non-hydrogen) atoms. The van der Waals surface area contributed by atoms with Gasteiger partial charge in [0.1, 0.15) is 5.69 Å². The summed E-state index contributed by atoms with van der Waals surface area (Å²) >= 11 is 0. The summed E-state index contributed by atoms with van der Waals surface area (Å²) in [7, 11) is 1.57. The zero-order chi connectivity index (χ0) is 21.8. The van der Waals surface area contributed by atoms with Gasteiger partial charge in [0.25, 0.3) is 11.6 Å². The second-order valence-corrected chi connectivity index (χ2v) is 7.35. The van der Waals surface area contributed by atoms with Crippen LogP contribution in [0.3, 0.4) is 0 Å². The number of aromatic nitrogens is 1. The molecule has 0 bridgehead atoms. The molecule has 160 valence electrons. The van der Waals surface area contributed by atoms with E-state index in [1.807, 2.05) is 48.7 Å². The van der Waals surface area contributed by atoms with Crippen molar-refractivity contribution in [3.05, 3.63) is 93.8 Å². The number of benzene rings is 2. The van der Waals surface area contributed by atoms with Crippen molar-refractivity contribution in [2.75, 3.05) is 32.1 Å². The van der Waals surface area contributed by atoms with Crippen LogP contribution < -0.4 is 5.32 Å². The second kappa shape index (κ2) is 9.01. The summed E-state index contributed by atoms with van der Waals surface area (Å²) in [6.07, 6.45) is 2.01. The fourth-order valence-electron chi connectivity index (χ4n) is 4.01. The maximum Gasteiger partial charge on any atom is 0.293 e. The molecule has 3 aromatic rings. The normalized spacial score (nSPS) is 15.4. The largest absolute Gasteiger partial charge is 0.383 e. The quantitative estimate of drug-likeness (QED) is 0.358. The van der Waals surface area contributed by atoms with E-state index in [1.165, 1.54) is 6.07 Å². The van der Waals surface area contributed by atoms with Crippen molar-refractivity contribution in [2.45, 2.75) is 12.6 Å². The van der Waals surface area contributed by atoms with Crippen LogP contribution >= 0.6 is 0 Å². The Labute approximate surface area is 180 Å². The predicted octanol–water partition coefficient (Wildman–Crippen LogP) is 3.70. The van der Waals surface area contributed by atoms with Gasteiger partial charge >= 0.3 is 0 Å². The molecule has 1 atom stereocenters. The van der Waals surface area contributed by atoms with E-state index in [9.17, 15) is 14.9 Å². The van der Waals surface area contributed by atoms with Gasteiger partial charge in [0.2, 0.25) is 0 Å². The van der Waals surface area contributed by atoms with E-state index in [4.69, 9.17) is 4.74 Å². The van der Waals surface area contributed by atoms with Crippen molar-refractivity contribution in [2.24, 2.45) is 0 Å². The minimum Gasteiger partial charge on any atom is -0.383 e. The molecule has 1 aromatic heterocycles. The summed E-state index contributed by atoms with van der Waals surface area (Å²) in [5.74, 6) is -0.229. The first-order valence-electron chi connectivity index (χ1n) is 10.1. The maximum atomic E-state index is 13.5. The number of carbonyl (C=O) groups excluding carboxylic acids is 1. The molecule has 0 saturated heterocycles. The standard InChI is InChI=1S/C23H24N4O4/c1-31-15-11-24-19-10-9-18(16-21(19)27(29)30)23(28)26-14-13-25-12-5-8-20(25)22(26)17-6-3-2-4-7-17/h2-10,12,16,22,24H,11,13-15H2,1H3. The molecule has 1 amide bonds. The molecule has 8 heteroatoms. The number of methoxy groups -OCH3 is 1. The number of fused-ring (bicyclic) bond motifs is 1. The third-order valence-electron chi connectivity index (χ3n) is 5.48. The van der Waals surface area contributed by atoms with E-state index in [2.05, 4.69) is 9.88 Å². The molecule has 1 unspecified atom stereocenters. The number of nitrogens with zero attached hydrogens (tertiary/aromatic N) is 3. The molecule has 0 radical (unpaired) electrons.